The zero-order valence-electron chi connectivity index (χ0n) is 8.17. The van der Waals surface area contributed by atoms with Crippen LogP contribution in [0.25, 0.3) is 10.9 Å². The summed E-state index contributed by atoms with van der Waals surface area (Å²) < 4.78 is 0. The van der Waals surface area contributed by atoms with Gasteiger partial charge in [0.1, 0.15) is 5.75 Å². The first kappa shape index (κ1) is 9.09. The van der Waals surface area contributed by atoms with E-state index in [9.17, 15) is 5.11 Å². The van der Waals surface area contributed by atoms with Gasteiger partial charge in [-0.2, -0.15) is 0 Å². The van der Waals surface area contributed by atoms with E-state index >= 15 is 0 Å². The van der Waals surface area contributed by atoms with Crippen molar-refractivity contribution in [1.29, 1.82) is 0 Å². The van der Waals surface area contributed by atoms with Gasteiger partial charge in [-0.3, -0.25) is 0 Å². The molecule has 0 aliphatic carbocycles. The van der Waals surface area contributed by atoms with E-state index in [0.29, 0.717) is 5.75 Å². The van der Waals surface area contributed by atoms with Gasteiger partial charge in [-0.25, -0.2) is 0 Å². The Morgan fingerprint density at radius 1 is 1.36 bits per heavy atom. The number of aromatic hydroxyl groups is 1. The number of aromatic nitrogens is 1. The summed E-state index contributed by atoms with van der Waals surface area (Å²) in [6.07, 6.45) is 0.978. The molecule has 74 valence electrons. The third-order valence-corrected chi connectivity index (χ3v) is 2.31. The highest BCUT2D eigenvalue weighted by Crippen LogP contribution is 2.20. The van der Waals surface area contributed by atoms with Crippen LogP contribution >= 0.6 is 0 Å². The third-order valence-electron chi connectivity index (χ3n) is 2.31. The van der Waals surface area contributed by atoms with E-state index in [1.807, 2.05) is 13.1 Å². The van der Waals surface area contributed by atoms with E-state index in [1.54, 1.807) is 12.1 Å². The van der Waals surface area contributed by atoms with Gasteiger partial charge in [0.15, 0.2) is 0 Å². The second kappa shape index (κ2) is 3.72. The molecule has 0 spiro atoms. The van der Waals surface area contributed by atoms with Crippen molar-refractivity contribution in [1.82, 2.24) is 10.3 Å². The highest BCUT2D eigenvalue weighted by Gasteiger charge is 2.00. The number of fused-ring (bicyclic) bond motifs is 1. The lowest BCUT2D eigenvalue weighted by Crippen LogP contribution is -2.10. The molecule has 3 N–H and O–H groups in total. The lowest BCUT2D eigenvalue weighted by molar-refractivity contribution is 0.476. The molecule has 0 amide bonds. The van der Waals surface area contributed by atoms with Crippen LogP contribution in [0.2, 0.25) is 0 Å². The first-order valence-electron chi connectivity index (χ1n) is 4.75. The fourth-order valence-electron chi connectivity index (χ4n) is 1.57. The van der Waals surface area contributed by atoms with Gasteiger partial charge in [0, 0.05) is 23.8 Å². The van der Waals surface area contributed by atoms with Gasteiger partial charge in [0.2, 0.25) is 0 Å². The fraction of sp³-hybridized carbons (Fsp3) is 0.273. The molecular formula is C11H14N2O. The maximum absolute atomic E-state index is 9.28. The minimum atomic E-state index is 0.305. The third kappa shape index (κ3) is 1.72. The Labute approximate surface area is 82.8 Å². The topological polar surface area (TPSA) is 48.0 Å². The Morgan fingerprint density at radius 3 is 3.00 bits per heavy atom. The predicted molar refractivity (Wildman–Crippen MR) is 57.6 cm³/mol. The van der Waals surface area contributed by atoms with Crippen molar-refractivity contribution >= 4 is 10.9 Å². The monoisotopic (exact) mass is 190 g/mol. The first-order valence-corrected chi connectivity index (χ1v) is 4.75. The van der Waals surface area contributed by atoms with Crippen LogP contribution in [0.4, 0.5) is 0 Å². The van der Waals surface area contributed by atoms with Crippen LogP contribution < -0.4 is 5.32 Å². The van der Waals surface area contributed by atoms with Gasteiger partial charge in [0.25, 0.3) is 0 Å². The molecule has 0 radical (unpaired) electrons. The van der Waals surface area contributed by atoms with Crippen molar-refractivity contribution in [2.24, 2.45) is 0 Å². The molecule has 3 nitrogen and oxygen atoms in total. The average molecular weight is 190 g/mol. The summed E-state index contributed by atoms with van der Waals surface area (Å²) >= 11 is 0. The minimum Gasteiger partial charge on any atom is -0.508 e. The second-order valence-corrected chi connectivity index (χ2v) is 3.42. The summed E-state index contributed by atoms with van der Waals surface area (Å²) in [5, 5.41) is 13.5. The summed E-state index contributed by atoms with van der Waals surface area (Å²) in [5.41, 5.74) is 2.19. The lowest BCUT2D eigenvalue weighted by Gasteiger charge is -1.94. The molecule has 0 bridgehead atoms. The smallest absolute Gasteiger partial charge is 0.117 e. The Kier molecular flexibility index (Phi) is 2.41. The SMILES string of the molecule is CNCCc1cc2ccc(O)cc2[nH]1. The standard InChI is InChI=1S/C11H14N2O/c1-12-5-4-9-6-8-2-3-10(14)7-11(8)13-9/h2-3,6-7,12-14H,4-5H2,1H3. The number of likely N-dealkylation sites (N-methyl/N-ethyl adjacent to an activating group) is 1. The van der Waals surface area contributed by atoms with Crippen molar-refractivity contribution in [3.8, 4) is 5.75 Å². The Morgan fingerprint density at radius 2 is 2.21 bits per heavy atom. The summed E-state index contributed by atoms with van der Waals surface area (Å²) in [6, 6.07) is 7.49. The predicted octanol–water partition coefficient (Wildman–Crippen LogP) is 1.64. The fourth-order valence-corrected chi connectivity index (χ4v) is 1.57. The molecule has 1 aromatic carbocycles. The zero-order chi connectivity index (χ0) is 9.97. The van der Waals surface area contributed by atoms with Crippen molar-refractivity contribution in [3.63, 3.8) is 0 Å². The van der Waals surface area contributed by atoms with E-state index in [1.165, 1.54) is 5.69 Å². The summed E-state index contributed by atoms with van der Waals surface area (Å²) in [6.45, 7) is 0.957. The molecule has 2 aromatic rings. The van der Waals surface area contributed by atoms with Crippen LogP contribution in [0, 0.1) is 0 Å². The Balaban J connectivity index is 2.32. The highest BCUT2D eigenvalue weighted by atomic mass is 16.3. The van der Waals surface area contributed by atoms with Crippen molar-refractivity contribution in [3.05, 3.63) is 30.0 Å². The van der Waals surface area contributed by atoms with E-state index in [0.717, 1.165) is 23.9 Å². The molecular weight excluding hydrogens is 176 g/mol. The first-order chi connectivity index (χ1) is 6.79. The summed E-state index contributed by atoms with van der Waals surface area (Å²) in [4.78, 5) is 3.27. The molecule has 0 fully saturated rings. The molecule has 2 rings (SSSR count). The van der Waals surface area contributed by atoms with Gasteiger partial charge in [0.05, 0.1) is 0 Å². The Bertz CT molecular complexity index is 434. The van der Waals surface area contributed by atoms with Gasteiger partial charge >= 0.3 is 0 Å². The molecule has 0 aliphatic heterocycles. The number of nitrogens with one attached hydrogen (secondary N) is 2. The lowest BCUT2D eigenvalue weighted by atomic mass is 10.2. The Hall–Kier alpha value is -1.48. The van der Waals surface area contributed by atoms with Crippen molar-refractivity contribution < 1.29 is 5.11 Å². The van der Waals surface area contributed by atoms with Gasteiger partial charge in [-0.05, 0) is 37.1 Å². The summed E-state index contributed by atoms with van der Waals surface area (Å²) in [7, 11) is 1.94. The molecule has 0 saturated heterocycles. The maximum atomic E-state index is 9.28. The van der Waals surface area contributed by atoms with Crippen LogP contribution in [0.3, 0.4) is 0 Å². The van der Waals surface area contributed by atoms with Crippen LogP contribution in [-0.2, 0) is 6.42 Å². The van der Waals surface area contributed by atoms with E-state index < -0.39 is 0 Å². The quantitative estimate of drug-likeness (QED) is 0.689. The van der Waals surface area contributed by atoms with Crippen molar-refractivity contribution in [2.45, 2.75) is 6.42 Å². The van der Waals surface area contributed by atoms with Gasteiger partial charge in [-0.1, -0.05) is 0 Å². The number of phenols is 1. The molecule has 0 aliphatic rings. The number of hydrogen-bond acceptors (Lipinski definition) is 2. The van der Waals surface area contributed by atoms with E-state index in [2.05, 4.69) is 16.4 Å². The van der Waals surface area contributed by atoms with Crippen molar-refractivity contribution in [2.75, 3.05) is 13.6 Å². The van der Waals surface area contributed by atoms with E-state index in [4.69, 9.17) is 0 Å². The maximum Gasteiger partial charge on any atom is 0.117 e. The molecule has 3 heteroatoms. The van der Waals surface area contributed by atoms with Gasteiger partial charge in [-0.15, -0.1) is 0 Å². The molecule has 14 heavy (non-hydrogen) atoms. The van der Waals surface area contributed by atoms with Crippen LogP contribution in [-0.4, -0.2) is 23.7 Å². The minimum absolute atomic E-state index is 0.305. The normalized spacial score (nSPS) is 10.9. The molecule has 0 unspecified atom stereocenters. The molecule has 1 aromatic heterocycles. The molecule has 0 saturated carbocycles. The van der Waals surface area contributed by atoms with Crippen LogP contribution in [0.15, 0.2) is 24.3 Å². The number of benzene rings is 1. The molecule has 0 atom stereocenters. The average Bonchev–Trinajstić information content (AvgIpc) is 2.56. The van der Waals surface area contributed by atoms with Crippen LogP contribution in [0.5, 0.6) is 5.75 Å². The van der Waals surface area contributed by atoms with Gasteiger partial charge < -0.3 is 15.4 Å². The number of aromatic amines is 1. The molecule has 1 heterocycles. The largest absolute Gasteiger partial charge is 0.508 e. The number of hydrogen-bond donors (Lipinski definition) is 3. The second-order valence-electron chi connectivity index (χ2n) is 3.42. The number of H-pyrrole nitrogens is 1. The number of rotatable bonds is 3. The number of phenolic OH excluding ortho intramolecular Hbond substituents is 1. The summed E-state index contributed by atoms with van der Waals surface area (Å²) in [5.74, 6) is 0.305. The highest BCUT2D eigenvalue weighted by molar-refractivity contribution is 5.81. The van der Waals surface area contributed by atoms with E-state index in [-0.39, 0.29) is 0 Å². The zero-order valence-corrected chi connectivity index (χ0v) is 8.17. The van der Waals surface area contributed by atoms with Crippen LogP contribution in [0.1, 0.15) is 5.69 Å².